The van der Waals surface area contributed by atoms with Gasteiger partial charge in [-0.2, -0.15) is 0 Å². The molecule has 2 amide bonds. The summed E-state index contributed by atoms with van der Waals surface area (Å²) in [6.07, 6.45) is 0.494. The molecule has 0 heterocycles. The van der Waals surface area contributed by atoms with Gasteiger partial charge < -0.3 is 10.2 Å². The van der Waals surface area contributed by atoms with E-state index in [0.717, 1.165) is 11.1 Å². The molecule has 0 aliphatic heterocycles. The van der Waals surface area contributed by atoms with E-state index in [0.29, 0.717) is 44.7 Å². The van der Waals surface area contributed by atoms with E-state index in [2.05, 4.69) is 5.32 Å². The van der Waals surface area contributed by atoms with Crippen molar-refractivity contribution in [1.29, 1.82) is 0 Å². The van der Waals surface area contributed by atoms with E-state index in [4.69, 9.17) is 46.4 Å². The summed E-state index contributed by atoms with van der Waals surface area (Å²) in [6.45, 7) is 6.77. The number of hydrogen-bond donors (Lipinski definition) is 1. The molecule has 4 nitrogen and oxygen atoms in total. The summed E-state index contributed by atoms with van der Waals surface area (Å²) < 4.78 is 0. The molecule has 180 valence electrons. The van der Waals surface area contributed by atoms with Crippen LogP contribution in [0.4, 0.5) is 0 Å². The normalized spacial score (nSPS) is 12.0. The fourth-order valence-corrected chi connectivity index (χ4v) is 4.64. The van der Waals surface area contributed by atoms with Crippen LogP contribution in [0.15, 0.2) is 36.4 Å². The molecule has 1 atom stereocenters. The van der Waals surface area contributed by atoms with Crippen molar-refractivity contribution < 1.29 is 9.59 Å². The molecule has 0 saturated carbocycles. The largest absolute Gasteiger partial charge is 0.354 e. The molecule has 0 bridgehead atoms. The van der Waals surface area contributed by atoms with E-state index in [1.54, 1.807) is 29.2 Å². The lowest BCUT2D eigenvalue weighted by atomic mass is 10.1. The molecule has 1 N–H and O–H groups in total. The van der Waals surface area contributed by atoms with Gasteiger partial charge in [0.1, 0.15) is 6.04 Å². The molecule has 0 aliphatic rings. The Morgan fingerprint density at radius 2 is 1.52 bits per heavy atom. The average Bonchev–Trinajstić information content (AvgIpc) is 2.76. The Balaban J connectivity index is 2.16. The summed E-state index contributed by atoms with van der Waals surface area (Å²) >= 11 is 25.7. The summed E-state index contributed by atoms with van der Waals surface area (Å²) in [5.74, 6) is 0.842. The average molecular weight is 550 g/mol. The number of rotatable bonds is 11. The molecule has 2 rings (SSSR count). The highest BCUT2D eigenvalue weighted by atomic mass is 35.5. The lowest BCUT2D eigenvalue weighted by molar-refractivity contribution is -0.139. The summed E-state index contributed by atoms with van der Waals surface area (Å²) in [5.41, 5.74) is 1.78. The molecule has 0 fully saturated rings. The first kappa shape index (κ1) is 28.1. The number of carbonyl (C=O) groups is 2. The third kappa shape index (κ3) is 8.88. The van der Waals surface area contributed by atoms with Crippen LogP contribution in [0.2, 0.25) is 20.1 Å². The molecule has 0 radical (unpaired) electrons. The summed E-state index contributed by atoms with van der Waals surface area (Å²) in [7, 11) is 0. The molecule has 2 aromatic rings. The lowest BCUT2D eigenvalue weighted by Gasteiger charge is -2.31. The minimum atomic E-state index is -0.587. The Labute approximate surface area is 220 Å². The highest BCUT2D eigenvalue weighted by molar-refractivity contribution is 7.99. The maximum Gasteiger partial charge on any atom is 0.242 e. The van der Waals surface area contributed by atoms with Crippen LogP contribution in [0, 0.1) is 5.92 Å². The smallest absolute Gasteiger partial charge is 0.242 e. The number of carbonyl (C=O) groups excluding carboxylic acids is 2. The highest BCUT2D eigenvalue weighted by Crippen LogP contribution is 2.26. The summed E-state index contributed by atoms with van der Waals surface area (Å²) in [4.78, 5) is 27.8. The van der Waals surface area contributed by atoms with Gasteiger partial charge in [0.05, 0.1) is 25.8 Å². The Bertz CT molecular complexity index is 971. The van der Waals surface area contributed by atoms with Gasteiger partial charge in [0.25, 0.3) is 0 Å². The van der Waals surface area contributed by atoms with Crippen LogP contribution in [0.5, 0.6) is 0 Å². The van der Waals surface area contributed by atoms with Crippen LogP contribution in [-0.2, 0) is 21.9 Å². The number of thioether (sulfide) groups is 1. The Morgan fingerprint density at radius 1 is 0.939 bits per heavy atom. The minimum Gasteiger partial charge on any atom is -0.354 e. The third-order valence-corrected chi connectivity index (χ3v) is 7.35. The molecule has 0 aliphatic carbocycles. The predicted molar refractivity (Wildman–Crippen MR) is 142 cm³/mol. The van der Waals surface area contributed by atoms with Gasteiger partial charge in [-0.05, 0) is 47.7 Å². The standard InChI is InChI=1S/C24H28Cl4N2O2S/c1-4-22(24(32)29-11-15(2)3)30(12-16-5-7-18(25)20(27)9-16)23(31)14-33-13-17-6-8-19(26)21(28)10-17/h5-10,15,22H,4,11-14H2,1-3H3,(H,29,32)/t22-/m0/s1. The third-order valence-electron chi connectivity index (χ3n) is 4.89. The van der Waals surface area contributed by atoms with Gasteiger partial charge in [0.15, 0.2) is 0 Å². The molecule has 0 saturated heterocycles. The fourth-order valence-electron chi connectivity index (χ4n) is 3.15. The monoisotopic (exact) mass is 548 g/mol. The topological polar surface area (TPSA) is 49.4 Å². The molecule has 0 unspecified atom stereocenters. The van der Waals surface area contributed by atoms with E-state index >= 15 is 0 Å². The zero-order valence-corrected chi connectivity index (χ0v) is 22.7. The van der Waals surface area contributed by atoms with Gasteiger partial charge in [-0.3, -0.25) is 9.59 Å². The second kappa shape index (κ2) is 13.7. The lowest BCUT2D eigenvalue weighted by Crippen LogP contribution is -2.50. The molecule has 9 heteroatoms. The quantitative estimate of drug-likeness (QED) is 0.325. The SMILES string of the molecule is CC[C@@H](C(=O)NCC(C)C)N(Cc1ccc(Cl)c(Cl)c1)C(=O)CSCc1ccc(Cl)c(Cl)c1. The minimum absolute atomic E-state index is 0.127. The molecular formula is C24H28Cl4N2O2S. The number of nitrogens with one attached hydrogen (secondary N) is 1. The molecular weight excluding hydrogens is 522 g/mol. The first-order valence-electron chi connectivity index (χ1n) is 10.6. The van der Waals surface area contributed by atoms with Crippen molar-refractivity contribution >= 4 is 70.0 Å². The number of hydrogen-bond acceptors (Lipinski definition) is 3. The first-order chi connectivity index (χ1) is 15.6. The Kier molecular flexibility index (Phi) is 11.7. The van der Waals surface area contributed by atoms with E-state index < -0.39 is 6.04 Å². The first-order valence-corrected chi connectivity index (χ1v) is 13.3. The van der Waals surface area contributed by atoms with Crippen molar-refractivity contribution in [2.24, 2.45) is 5.92 Å². The van der Waals surface area contributed by atoms with Crippen molar-refractivity contribution in [3.8, 4) is 0 Å². The predicted octanol–water partition coefficient (Wildman–Crippen LogP) is 7.11. The van der Waals surface area contributed by atoms with Crippen molar-refractivity contribution in [1.82, 2.24) is 10.2 Å². The zero-order valence-electron chi connectivity index (χ0n) is 18.8. The second-order valence-electron chi connectivity index (χ2n) is 8.07. The van der Waals surface area contributed by atoms with E-state index in [1.807, 2.05) is 32.9 Å². The number of amides is 2. The Hall–Kier alpha value is -1.11. The van der Waals surface area contributed by atoms with Gasteiger partial charge in [0.2, 0.25) is 11.8 Å². The summed E-state index contributed by atoms with van der Waals surface area (Å²) in [6, 6.07) is 10.1. The number of nitrogens with zero attached hydrogens (tertiary/aromatic N) is 1. The van der Waals surface area contributed by atoms with Crippen LogP contribution >= 0.6 is 58.2 Å². The van der Waals surface area contributed by atoms with Gasteiger partial charge in [-0.25, -0.2) is 0 Å². The van der Waals surface area contributed by atoms with Crippen LogP contribution in [-0.4, -0.2) is 35.1 Å². The van der Waals surface area contributed by atoms with Crippen LogP contribution < -0.4 is 5.32 Å². The molecule has 0 aromatic heterocycles. The van der Waals surface area contributed by atoms with Gasteiger partial charge in [-0.15, -0.1) is 11.8 Å². The van der Waals surface area contributed by atoms with Crippen molar-refractivity contribution in [2.45, 2.75) is 45.5 Å². The number of halogens is 4. The summed E-state index contributed by atoms with van der Waals surface area (Å²) in [5, 5.41) is 4.78. The maximum atomic E-state index is 13.3. The van der Waals surface area contributed by atoms with Crippen molar-refractivity contribution in [3.63, 3.8) is 0 Å². The van der Waals surface area contributed by atoms with Crippen LogP contribution in [0.1, 0.15) is 38.3 Å². The van der Waals surface area contributed by atoms with Crippen molar-refractivity contribution in [3.05, 3.63) is 67.6 Å². The van der Waals surface area contributed by atoms with E-state index in [-0.39, 0.29) is 24.1 Å². The number of benzene rings is 2. The second-order valence-corrected chi connectivity index (χ2v) is 10.7. The van der Waals surface area contributed by atoms with E-state index in [9.17, 15) is 9.59 Å². The van der Waals surface area contributed by atoms with E-state index in [1.165, 1.54) is 11.8 Å². The zero-order chi connectivity index (χ0) is 24.5. The van der Waals surface area contributed by atoms with Gasteiger partial charge in [0, 0.05) is 18.8 Å². The van der Waals surface area contributed by atoms with Crippen LogP contribution in [0.25, 0.3) is 0 Å². The molecule has 2 aromatic carbocycles. The van der Waals surface area contributed by atoms with Gasteiger partial charge >= 0.3 is 0 Å². The maximum absolute atomic E-state index is 13.3. The van der Waals surface area contributed by atoms with Crippen molar-refractivity contribution in [2.75, 3.05) is 12.3 Å². The fraction of sp³-hybridized carbons (Fsp3) is 0.417. The Morgan fingerprint density at radius 3 is 2.06 bits per heavy atom. The molecule has 0 spiro atoms. The van der Waals surface area contributed by atoms with Crippen LogP contribution in [0.3, 0.4) is 0 Å². The molecule has 33 heavy (non-hydrogen) atoms. The van der Waals surface area contributed by atoms with Gasteiger partial charge in [-0.1, -0.05) is 79.3 Å². The highest BCUT2D eigenvalue weighted by Gasteiger charge is 2.28.